The molecule has 2 amide bonds. The van der Waals surface area contributed by atoms with E-state index in [0.717, 1.165) is 29.1 Å². The largest absolute Gasteiger partial charge is 0.416 e. The molecule has 2 aromatic carbocycles. The topological polar surface area (TPSA) is 49.9 Å². The van der Waals surface area contributed by atoms with Crippen molar-refractivity contribution in [1.82, 2.24) is 0 Å². The lowest BCUT2D eigenvalue weighted by atomic mass is 9.93. The van der Waals surface area contributed by atoms with Gasteiger partial charge in [-0.2, -0.15) is 13.2 Å². The van der Waals surface area contributed by atoms with Crippen LogP contribution in [0.1, 0.15) is 25.3 Å². The van der Waals surface area contributed by atoms with E-state index >= 15 is 0 Å². The highest BCUT2D eigenvalue weighted by molar-refractivity contribution is 6.23. The maximum Gasteiger partial charge on any atom is 0.416 e. The standard InChI is InChI=1S/C21H19F3N2O3/c1-2-7-16-17-18(29-26(16)14-9-4-3-5-10-14)20(28)25(19(17)27)15-11-6-8-13(12-15)21(22,23)24/h3-6,8-12,16-18H,2,7H2,1H3/t16-,17-,18-/m0/s1. The normalized spacial score (nSPS) is 24.3. The van der Waals surface area contributed by atoms with Crippen molar-refractivity contribution >= 4 is 23.2 Å². The highest BCUT2D eigenvalue weighted by Crippen LogP contribution is 2.42. The number of halogens is 3. The lowest BCUT2D eigenvalue weighted by Crippen LogP contribution is -2.40. The number of hydroxylamine groups is 1. The van der Waals surface area contributed by atoms with Crippen LogP contribution in [0, 0.1) is 5.92 Å². The number of imide groups is 1. The first kappa shape index (κ1) is 19.4. The van der Waals surface area contributed by atoms with Crippen LogP contribution in [0.15, 0.2) is 54.6 Å². The summed E-state index contributed by atoms with van der Waals surface area (Å²) in [6.45, 7) is 1.96. The molecule has 152 valence electrons. The lowest BCUT2D eigenvalue weighted by molar-refractivity contribution is -0.137. The highest BCUT2D eigenvalue weighted by Gasteiger charge is 2.59. The monoisotopic (exact) mass is 404 g/mol. The summed E-state index contributed by atoms with van der Waals surface area (Å²) in [7, 11) is 0. The van der Waals surface area contributed by atoms with Crippen LogP contribution in [0.2, 0.25) is 0 Å². The second-order valence-corrected chi connectivity index (χ2v) is 7.13. The number of amides is 2. The third-order valence-electron chi connectivity index (χ3n) is 5.27. The van der Waals surface area contributed by atoms with Gasteiger partial charge in [0.1, 0.15) is 0 Å². The van der Waals surface area contributed by atoms with Gasteiger partial charge in [-0.3, -0.25) is 14.4 Å². The van der Waals surface area contributed by atoms with E-state index in [1.54, 1.807) is 5.06 Å². The lowest BCUT2D eigenvalue weighted by Gasteiger charge is -2.28. The van der Waals surface area contributed by atoms with Crippen molar-refractivity contribution in [3.8, 4) is 0 Å². The van der Waals surface area contributed by atoms with Gasteiger partial charge in [0.15, 0.2) is 6.10 Å². The molecule has 0 bridgehead atoms. The Morgan fingerprint density at radius 3 is 2.31 bits per heavy atom. The Hall–Kier alpha value is -2.87. The van der Waals surface area contributed by atoms with Gasteiger partial charge in [-0.05, 0) is 36.8 Å². The summed E-state index contributed by atoms with van der Waals surface area (Å²) in [5.74, 6) is -1.94. The molecule has 8 heteroatoms. The Kier molecular flexibility index (Phi) is 4.82. The zero-order valence-corrected chi connectivity index (χ0v) is 15.6. The summed E-state index contributed by atoms with van der Waals surface area (Å²) >= 11 is 0. The molecule has 0 radical (unpaired) electrons. The molecule has 2 fully saturated rings. The minimum absolute atomic E-state index is 0.0886. The smallest absolute Gasteiger partial charge is 0.273 e. The number of carbonyl (C=O) groups excluding carboxylic acids is 2. The average molecular weight is 404 g/mol. The van der Waals surface area contributed by atoms with Gasteiger partial charge in [0.2, 0.25) is 5.91 Å². The van der Waals surface area contributed by atoms with Crippen molar-refractivity contribution < 1.29 is 27.6 Å². The minimum atomic E-state index is -4.57. The molecule has 0 saturated carbocycles. The minimum Gasteiger partial charge on any atom is -0.273 e. The second-order valence-electron chi connectivity index (χ2n) is 7.13. The quantitative estimate of drug-likeness (QED) is 0.718. The highest BCUT2D eigenvalue weighted by atomic mass is 19.4. The predicted octanol–water partition coefficient (Wildman–Crippen LogP) is 4.18. The van der Waals surface area contributed by atoms with Crippen LogP contribution in [0.5, 0.6) is 0 Å². The Balaban J connectivity index is 1.68. The Morgan fingerprint density at radius 1 is 0.966 bits per heavy atom. The first-order valence-corrected chi connectivity index (χ1v) is 9.39. The molecule has 5 nitrogen and oxygen atoms in total. The fourth-order valence-electron chi connectivity index (χ4n) is 3.99. The number of alkyl halides is 3. The van der Waals surface area contributed by atoms with Gasteiger partial charge in [0.25, 0.3) is 5.91 Å². The molecule has 0 unspecified atom stereocenters. The van der Waals surface area contributed by atoms with Gasteiger partial charge in [-0.15, -0.1) is 0 Å². The predicted molar refractivity (Wildman–Crippen MR) is 99.9 cm³/mol. The van der Waals surface area contributed by atoms with Crippen LogP contribution in [0.3, 0.4) is 0 Å². The van der Waals surface area contributed by atoms with Gasteiger partial charge >= 0.3 is 6.18 Å². The van der Waals surface area contributed by atoms with E-state index in [1.165, 1.54) is 12.1 Å². The van der Waals surface area contributed by atoms with Crippen molar-refractivity contribution in [3.63, 3.8) is 0 Å². The summed E-state index contributed by atoms with van der Waals surface area (Å²) < 4.78 is 39.2. The third kappa shape index (κ3) is 3.27. The summed E-state index contributed by atoms with van der Waals surface area (Å²) in [5.41, 5.74) is -0.273. The number of rotatable bonds is 4. The summed E-state index contributed by atoms with van der Waals surface area (Å²) in [4.78, 5) is 32.8. The molecule has 0 spiro atoms. The number of fused-ring (bicyclic) bond motifs is 1. The Morgan fingerprint density at radius 2 is 1.66 bits per heavy atom. The van der Waals surface area contributed by atoms with E-state index in [2.05, 4.69) is 0 Å². The van der Waals surface area contributed by atoms with Crippen molar-refractivity contribution in [3.05, 3.63) is 60.2 Å². The van der Waals surface area contributed by atoms with Crippen LogP contribution in [-0.4, -0.2) is 24.0 Å². The Labute approximate surface area is 165 Å². The van der Waals surface area contributed by atoms with Crippen LogP contribution in [0.25, 0.3) is 0 Å². The van der Waals surface area contributed by atoms with Crippen LogP contribution >= 0.6 is 0 Å². The number of para-hydroxylation sites is 1. The SMILES string of the molecule is CCC[C@H]1[C@@H]2C(=O)N(c3cccc(C(F)(F)F)c3)C(=O)[C@H]2ON1c1ccccc1. The number of hydrogen-bond acceptors (Lipinski definition) is 4. The fourth-order valence-corrected chi connectivity index (χ4v) is 3.99. The summed E-state index contributed by atoms with van der Waals surface area (Å²) in [6, 6.07) is 13.0. The van der Waals surface area contributed by atoms with Gasteiger partial charge in [0.05, 0.1) is 28.9 Å². The maximum atomic E-state index is 13.1. The molecule has 0 aromatic heterocycles. The number of nitrogens with zero attached hydrogens (tertiary/aromatic N) is 2. The van der Waals surface area contributed by atoms with Crippen molar-refractivity contribution in [2.75, 3.05) is 9.96 Å². The molecule has 0 N–H and O–H groups in total. The van der Waals surface area contributed by atoms with E-state index in [0.29, 0.717) is 6.42 Å². The molecule has 2 aliphatic heterocycles. The molecule has 0 aliphatic carbocycles. The van der Waals surface area contributed by atoms with Crippen molar-refractivity contribution in [2.45, 2.75) is 38.1 Å². The molecule has 4 rings (SSSR count). The van der Waals surface area contributed by atoms with Gasteiger partial charge in [0, 0.05) is 0 Å². The molecular weight excluding hydrogens is 385 g/mol. The number of carbonyl (C=O) groups is 2. The van der Waals surface area contributed by atoms with Crippen LogP contribution < -0.4 is 9.96 Å². The molecule has 2 aliphatic rings. The van der Waals surface area contributed by atoms with Gasteiger partial charge in [-0.1, -0.05) is 37.6 Å². The third-order valence-corrected chi connectivity index (χ3v) is 5.27. The van der Waals surface area contributed by atoms with Crippen molar-refractivity contribution in [2.24, 2.45) is 5.92 Å². The zero-order valence-electron chi connectivity index (χ0n) is 15.6. The first-order chi connectivity index (χ1) is 13.8. The molecule has 29 heavy (non-hydrogen) atoms. The second kappa shape index (κ2) is 7.18. The van der Waals surface area contributed by atoms with E-state index < -0.39 is 35.6 Å². The van der Waals surface area contributed by atoms with Gasteiger partial charge in [-0.25, -0.2) is 9.96 Å². The molecule has 2 aromatic rings. The van der Waals surface area contributed by atoms with E-state index in [9.17, 15) is 22.8 Å². The first-order valence-electron chi connectivity index (χ1n) is 9.39. The van der Waals surface area contributed by atoms with Crippen LogP contribution in [0.4, 0.5) is 24.5 Å². The Bertz CT molecular complexity index is 932. The number of benzene rings is 2. The fraction of sp³-hybridized carbons (Fsp3) is 0.333. The summed E-state index contributed by atoms with van der Waals surface area (Å²) in [6.07, 6.45) is -4.26. The molecule has 2 heterocycles. The van der Waals surface area contributed by atoms with E-state index in [-0.39, 0.29) is 11.7 Å². The molecule has 3 atom stereocenters. The van der Waals surface area contributed by atoms with E-state index in [1.807, 2.05) is 37.3 Å². The summed E-state index contributed by atoms with van der Waals surface area (Å²) in [5, 5.41) is 1.60. The van der Waals surface area contributed by atoms with E-state index in [4.69, 9.17) is 4.84 Å². The average Bonchev–Trinajstić information content (AvgIpc) is 3.18. The number of hydrogen-bond donors (Lipinski definition) is 0. The van der Waals surface area contributed by atoms with Crippen molar-refractivity contribution in [1.29, 1.82) is 0 Å². The maximum absolute atomic E-state index is 13.1. The molecule has 2 saturated heterocycles. The zero-order chi connectivity index (χ0) is 20.8. The molecular formula is C21H19F3N2O3. The van der Waals surface area contributed by atoms with Crippen LogP contribution in [-0.2, 0) is 20.6 Å². The van der Waals surface area contributed by atoms with Gasteiger partial charge < -0.3 is 0 Å². The number of anilines is 2.